The molecule has 0 spiro atoms. The fraction of sp³-hybridized carbons (Fsp3) is 0.409. The predicted octanol–water partition coefficient (Wildman–Crippen LogP) is 3.55. The number of ketones is 1. The highest BCUT2D eigenvalue weighted by Crippen LogP contribution is 2.43. The van der Waals surface area contributed by atoms with Crippen LogP contribution in [0.25, 0.3) is 0 Å². The van der Waals surface area contributed by atoms with Gasteiger partial charge in [0, 0.05) is 36.0 Å². The molecular formula is C22H28FN3O5S. The fourth-order valence-electron chi connectivity index (χ4n) is 3.96. The summed E-state index contributed by atoms with van der Waals surface area (Å²) < 4.78 is 34.4. The second kappa shape index (κ2) is 9.05. The van der Waals surface area contributed by atoms with Gasteiger partial charge in [-0.1, -0.05) is 0 Å². The van der Waals surface area contributed by atoms with Crippen molar-refractivity contribution in [2.45, 2.75) is 39.7 Å². The van der Waals surface area contributed by atoms with E-state index in [4.69, 9.17) is 0 Å². The Morgan fingerprint density at radius 3 is 2.34 bits per heavy atom. The number of rotatable bonds is 5. The maximum Gasteiger partial charge on any atom is 0.294 e. The third-order valence-corrected chi connectivity index (χ3v) is 7.70. The standard InChI is InChI=1S/C22H28FN3O5S/c1-12-11-16(5-6-17(12)23)25-21(28)18-13(2)19(26(4)14(18)3)20(27)22(29)24-15-7-9-32(30,31)10-8-15/h5-6,11,15,30-31H,7-10H2,1-4H3,(H,24,29)(H,25,28). The minimum absolute atomic E-state index is 0.112. The van der Waals surface area contributed by atoms with Crippen molar-refractivity contribution in [3.05, 3.63) is 52.1 Å². The smallest absolute Gasteiger partial charge is 0.294 e. The van der Waals surface area contributed by atoms with E-state index in [-0.39, 0.29) is 34.6 Å². The van der Waals surface area contributed by atoms with Gasteiger partial charge in [0.2, 0.25) is 0 Å². The van der Waals surface area contributed by atoms with Gasteiger partial charge in [-0.05, 0) is 62.9 Å². The highest BCUT2D eigenvalue weighted by molar-refractivity contribution is 8.24. The molecule has 0 unspecified atom stereocenters. The zero-order valence-corrected chi connectivity index (χ0v) is 19.3. The number of Topliss-reactive ketones (excluding diaryl/α,β-unsaturated/α-hetero) is 1. The Balaban J connectivity index is 1.78. The summed E-state index contributed by atoms with van der Waals surface area (Å²) in [6.45, 7) is 4.88. The van der Waals surface area contributed by atoms with Gasteiger partial charge in [0.05, 0.1) is 11.3 Å². The summed E-state index contributed by atoms with van der Waals surface area (Å²) >= 11 is 0. The Hall–Kier alpha value is -2.69. The first-order chi connectivity index (χ1) is 14.9. The molecule has 0 radical (unpaired) electrons. The van der Waals surface area contributed by atoms with Crippen molar-refractivity contribution in [1.82, 2.24) is 9.88 Å². The molecule has 0 aliphatic carbocycles. The van der Waals surface area contributed by atoms with Gasteiger partial charge in [-0.3, -0.25) is 23.5 Å². The van der Waals surface area contributed by atoms with Crippen LogP contribution >= 0.6 is 10.6 Å². The van der Waals surface area contributed by atoms with Crippen LogP contribution in [-0.4, -0.2) is 48.8 Å². The first-order valence-corrected chi connectivity index (χ1v) is 12.1. The van der Waals surface area contributed by atoms with E-state index < -0.39 is 28.2 Å². The van der Waals surface area contributed by atoms with E-state index in [2.05, 4.69) is 10.6 Å². The molecule has 0 bridgehead atoms. The molecule has 1 aromatic heterocycles. The Morgan fingerprint density at radius 1 is 1.12 bits per heavy atom. The zero-order chi connectivity index (χ0) is 23.8. The van der Waals surface area contributed by atoms with E-state index >= 15 is 0 Å². The molecule has 2 heterocycles. The Bertz CT molecular complexity index is 1090. The number of hydrogen-bond acceptors (Lipinski definition) is 5. The molecule has 1 aliphatic heterocycles. The Morgan fingerprint density at radius 2 is 1.75 bits per heavy atom. The molecule has 0 atom stereocenters. The van der Waals surface area contributed by atoms with Crippen molar-refractivity contribution >= 4 is 33.9 Å². The number of carbonyl (C=O) groups is 3. The van der Waals surface area contributed by atoms with Crippen LogP contribution in [0.1, 0.15) is 50.5 Å². The molecule has 3 rings (SSSR count). The highest BCUT2D eigenvalue weighted by Gasteiger charge is 2.31. The number of halogens is 1. The molecule has 2 amide bonds. The van der Waals surface area contributed by atoms with Gasteiger partial charge in [-0.25, -0.2) is 4.39 Å². The van der Waals surface area contributed by atoms with Crippen molar-refractivity contribution in [2.75, 3.05) is 16.8 Å². The molecule has 1 aromatic carbocycles. The van der Waals surface area contributed by atoms with Crippen molar-refractivity contribution in [3.8, 4) is 0 Å². The number of aryl methyl sites for hydroxylation is 1. The molecule has 174 valence electrons. The number of nitrogens with one attached hydrogen (secondary N) is 2. The lowest BCUT2D eigenvalue weighted by atomic mass is 10.1. The Labute approximate surface area is 187 Å². The second-order valence-electron chi connectivity index (χ2n) is 8.20. The number of aromatic nitrogens is 1. The largest absolute Gasteiger partial charge is 0.346 e. The number of amides is 2. The van der Waals surface area contributed by atoms with E-state index in [1.54, 1.807) is 27.8 Å². The molecule has 1 fully saturated rings. The minimum Gasteiger partial charge on any atom is -0.346 e. The van der Waals surface area contributed by atoms with Crippen LogP contribution in [0.5, 0.6) is 0 Å². The third kappa shape index (κ3) is 4.87. The van der Waals surface area contributed by atoms with Gasteiger partial charge in [-0.15, -0.1) is 0 Å². The maximum atomic E-state index is 13.5. The monoisotopic (exact) mass is 465 g/mol. The summed E-state index contributed by atoms with van der Waals surface area (Å²) in [4.78, 5) is 38.4. The third-order valence-electron chi connectivity index (χ3n) is 5.92. The highest BCUT2D eigenvalue weighted by atomic mass is 32.3. The quantitative estimate of drug-likeness (QED) is 0.398. The van der Waals surface area contributed by atoms with Gasteiger partial charge in [0.25, 0.3) is 17.6 Å². The number of nitrogens with zero attached hydrogens (tertiary/aromatic N) is 1. The van der Waals surface area contributed by atoms with Crippen LogP contribution in [-0.2, 0) is 11.8 Å². The van der Waals surface area contributed by atoms with Crippen LogP contribution in [0.15, 0.2) is 18.2 Å². The summed E-state index contributed by atoms with van der Waals surface area (Å²) in [6, 6.07) is 3.92. The number of benzene rings is 1. The molecule has 0 saturated carbocycles. The predicted molar refractivity (Wildman–Crippen MR) is 122 cm³/mol. The van der Waals surface area contributed by atoms with Gasteiger partial charge in [0.15, 0.2) is 0 Å². The lowest BCUT2D eigenvalue weighted by molar-refractivity contribution is -0.117. The van der Waals surface area contributed by atoms with E-state index in [1.807, 2.05) is 0 Å². The topological polar surface area (TPSA) is 121 Å². The summed E-state index contributed by atoms with van der Waals surface area (Å²) in [5.74, 6) is -2.00. The average molecular weight is 466 g/mol. The summed E-state index contributed by atoms with van der Waals surface area (Å²) in [6.07, 6.45) is 0.772. The average Bonchev–Trinajstić information content (AvgIpc) is 2.94. The van der Waals surface area contributed by atoms with Crippen molar-refractivity contribution in [2.24, 2.45) is 7.05 Å². The zero-order valence-electron chi connectivity index (χ0n) is 18.5. The van der Waals surface area contributed by atoms with Crippen molar-refractivity contribution < 1.29 is 27.9 Å². The number of hydrogen-bond donors (Lipinski definition) is 4. The molecule has 1 saturated heterocycles. The molecular weight excluding hydrogens is 437 g/mol. The normalized spacial score (nSPS) is 17.0. The van der Waals surface area contributed by atoms with Crippen LogP contribution in [0.3, 0.4) is 0 Å². The molecule has 2 aromatic rings. The van der Waals surface area contributed by atoms with Gasteiger partial charge in [0.1, 0.15) is 5.82 Å². The fourth-order valence-corrected chi connectivity index (χ4v) is 5.49. The summed E-state index contributed by atoms with van der Waals surface area (Å²) in [5, 5.41) is 5.39. The van der Waals surface area contributed by atoms with Gasteiger partial charge >= 0.3 is 0 Å². The second-order valence-corrected chi connectivity index (χ2v) is 10.6. The maximum absolute atomic E-state index is 13.5. The van der Waals surface area contributed by atoms with E-state index in [0.717, 1.165) is 0 Å². The number of carbonyl (C=O) groups excluding carboxylic acids is 3. The lowest BCUT2D eigenvalue weighted by Gasteiger charge is -2.39. The summed E-state index contributed by atoms with van der Waals surface area (Å²) in [7, 11) is -0.977. The van der Waals surface area contributed by atoms with Crippen molar-refractivity contribution in [1.29, 1.82) is 0 Å². The summed E-state index contributed by atoms with van der Waals surface area (Å²) in [5.41, 5.74) is 2.09. The van der Waals surface area contributed by atoms with E-state index in [1.165, 1.54) is 22.8 Å². The molecule has 1 aliphatic rings. The SMILES string of the molecule is Cc1cc(NC(=O)c2c(C)c(C(=O)C(=O)NC3CCS(O)(O)CC3)n(C)c2C)ccc1F. The van der Waals surface area contributed by atoms with Crippen LogP contribution in [0.2, 0.25) is 0 Å². The van der Waals surface area contributed by atoms with Crippen molar-refractivity contribution in [3.63, 3.8) is 0 Å². The van der Waals surface area contributed by atoms with Crippen LogP contribution in [0, 0.1) is 26.6 Å². The lowest BCUT2D eigenvalue weighted by Crippen LogP contribution is -2.43. The molecule has 8 nitrogen and oxygen atoms in total. The first-order valence-electron chi connectivity index (χ1n) is 10.2. The first kappa shape index (κ1) is 24.0. The van der Waals surface area contributed by atoms with Gasteiger partial charge in [-0.2, -0.15) is 10.6 Å². The van der Waals surface area contributed by atoms with Crippen LogP contribution in [0.4, 0.5) is 10.1 Å². The Kier molecular flexibility index (Phi) is 6.77. The van der Waals surface area contributed by atoms with E-state index in [9.17, 15) is 27.9 Å². The molecule has 32 heavy (non-hydrogen) atoms. The van der Waals surface area contributed by atoms with Crippen LogP contribution < -0.4 is 10.6 Å². The number of anilines is 1. The molecule has 10 heteroatoms. The molecule has 4 N–H and O–H groups in total. The van der Waals surface area contributed by atoms with E-state index in [0.29, 0.717) is 35.3 Å². The van der Waals surface area contributed by atoms with Gasteiger partial charge < -0.3 is 15.2 Å². The minimum atomic E-state index is -2.59.